The lowest BCUT2D eigenvalue weighted by Crippen LogP contribution is -2.42. The summed E-state index contributed by atoms with van der Waals surface area (Å²) in [7, 11) is -4.59. The van der Waals surface area contributed by atoms with Crippen molar-refractivity contribution in [1.29, 1.82) is 0 Å². The molecule has 8 nitrogen and oxygen atoms in total. The molecule has 0 spiro atoms. The summed E-state index contributed by atoms with van der Waals surface area (Å²) in [6, 6.07) is 5.79. The Bertz CT molecular complexity index is 1610. The zero-order chi connectivity index (χ0) is 26.8. The minimum absolute atomic E-state index is 0.0184. The fourth-order valence-corrected chi connectivity index (χ4v) is 6.59. The van der Waals surface area contributed by atoms with E-state index in [1.54, 1.807) is 0 Å². The first kappa shape index (κ1) is 24.8. The smallest absolute Gasteiger partial charge is 0.262 e. The molecule has 6 rings (SSSR count). The fourth-order valence-electron chi connectivity index (χ4n) is 5.23. The molecule has 0 aromatic heterocycles. The molecule has 2 heterocycles. The van der Waals surface area contributed by atoms with Crippen molar-refractivity contribution in [2.45, 2.75) is 29.9 Å². The van der Waals surface area contributed by atoms with Gasteiger partial charge in [0.25, 0.3) is 10.0 Å². The molecule has 38 heavy (non-hydrogen) atoms. The molecular formula is C25H21F4N5O3S. The van der Waals surface area contributed by atoms with Crippen molar-refractivity contribution in [3.8, 4) is 11.1 Å². The van der Waals surface area contributed by atoms with Gasteiger partial charge in [-0.3, -0.25) is 20.2 Å². The lowest BCUT2D eigenvalue weighted by Gasteiger charge is -2.19. The maximum atomic E-state index is 15.6. The van der Waals surface area contributed by atoms with Gasteiger partial charge in [0.05, 0.1) is 34.0 Å². The van der Waals surface area contributed by atoms with Gasteiger partial charge in [-0.1, -0.05) is 12.1 Å². The summed E-state index contributed by atoms with van der Waals surface area (Å²) in [5, 5.41) is 6.45. The number of Topliss-reactive ketones (excluding diaryl/α,β-unsaturated/α-hetero) is 1. The molecular weight excluding hydrogens is 526 g/mol. The number of fused-ring (bicyclic) bond motifs is 2. The molecule has 198 valence electrons. The number of nitrogens with one attached hydrogen (secondary N) is 5. The molecule has 1 aliphatic carbocycles. The van der Waals surface area contributed by atoms with Gasteiger partial charge in [-0.05, 0) is 36.2 Å². The molecule has 0 bridgehead atoms. The Labute approximate surface area is 214 Å². The van der Waals surface area contributed by atoms with Crippen LogP contribution in [0.5, 0.6) is 0 Å². The van der Waals surface area contributed by atoms with E-state index in [2.05, 4.69) is 21.5 Å². The number of ketones is 1. The number of carbonyl (C=O) groups excluding carboxylic acids is 1. The number of hydrazine groups is 1. The van der Waals surface area contributed by atoms with Crippen molar-refractivity contribution in [3.63, 3.8) is 0 Å². The number of hydrogen-bond acceptors (Lipinski definition) is 7. The van der Waals surface area contributed by atoms with E-state index in [9.17, 15) is 22.0 Å². The van der Waals surface area contributed by atoms with Crippen molar-refractivity contribution in [1.82, 2.24) is 16.1 Å². The summed E-state index contributed by atoms with van der Waals surface area (Å²) >= 11 is 0. The summed E-state index contributed by atoms with van der Waals surface area (Å²) < 4.78 is 88.5. The van der Waals surface area contributed by atoms with E-state index in [1.165, 1.54) is 12.1 Å². The highest BCUT2D eigenvalue weighted by Crippen LogP contribution is 2.40. The molecule has 1 unspecified atom stereocenters. The van der Waals surface area contributed by atoms with Crippen LogP contribution in [0.3, 0.4) is 0 Å². The van der Waals surface area contributed by atoms with Crippen LogP contribution < -0.4 is 26.2 Å². The van der Waals surface area contributed by atoms with Gasteiger partial charge in [0.2, 0.25) is 0 Å². The Balaban J connectivity index is 1.38. The highest BCUT2D eigenvalue weighted by atomic mass is 32.2. The number of carbonyl (C=O) groups is 1. The van der Waals surface area contributed by atoms with Gasteiger partial charge < -0.3 is 5.43 Å². The van der Waals surface area contributed by atoms with E-state index in [1.807, 2.05) is 4.72 Å². The third-order valence-corrected chi connectivity index (χ3v) is 8.45. The van der Waals surface area contributed by atoms with Crippen LogP contribution in [-0.4, -0.2) is 33.5 Å². The maximum Gasteiger partial charge on any atom is 0.262 e. The van der Waals surface area contributed by atoms with Gasteiger partial charge in [0.1, 0.15) is 11.6 Å². The van der Waals surface area contributed by atoms with Crippen molar-refractivity contribution < 1.29 is 30.8 Å². The molecule has 3 aromatic rings. The van der Waals surface area contributed by atoms with E-state index in [-0.39, 0.29) is 41.9 Å². The monoisotopic (exact) mass is 547 g/mol. The van der Waals surface area contributed by atoms with Gasteiger partial charge in [-0.15, -0.1) is 0 Å². The summed E-state index contributed by atoms with van der Waals surface area (Å²) in [5.41, 5.74) is 4.47. The van der Waals surface area contributed by atoms with Crippen molar-refractivity contribution in [3.05, 3.63) is 76.4 Å². The van der Waals surface area contributed by atoms with E-state index >= 15 is 8.78 Å². The first-order chi connectivity index (χ1) is 18.2. The summed E-state index contributed by atoms with van der Waals surface area (Å²) in [6.07, 6.45) is -0.0829. The van der Waals surface area contributed by atoms with E-state index in [0.717, 1.165) is 37.4 Å². The Kier molecular flexibility index (Phi) is 5.90. The SMILES string of the molecule is O=C1CCc2c1cc(F)cc2S(=O)(=O)Nc1ccc(F)c(-c2ccc3c(c2F)NNC3C2NCCN2)c1F. The zero-order valence-corrected chi connectivity index (χ0v) is 20.4. The van der Waals surface area contributed by atoms with Crippen LogP contribution in [0.15, 0.2) is 41.3 Å². The largest absolute Gasteiger partial charge is 0.318 e. The molecule has 0 saturated carbocycles. The first-order valence-electron chi connectivity index (χ1n) is 11.8. The maximum absolute atomic E-state index is 15.6. The Morgan fingerprint density at radius 1 is 0.895 bits per heavy atom. The van der Waals surface area contributed by atoms with Crippen LogP contribution in [0.2, 0.25) is 0 Å². The molecule has 5 N–H and O–H groups in total. The van der Waals surface area contributed by atoms with Crippen LogP contribution in [0.25, 0.3) is 11.1 Å². The Morgan fingerprint density at radius 3 is 2.42 bits per heavy atom. The van der Waals surface area contributed by atoms with Crippen molar-refractivity contribution in [2.75, 3.05) is 23.2 Å². The molecule has 0 radical (unpaired) electrons. The van der Waals surface area contributed by atoms with Crippen molar-refractivity contribution in [2.24, 2.45) is 0 Å². The van der Waals surface area contributed by atoms with E-state index in [0.29, 0.717) is 5.56 Å². The Hall–Kier alpha value is -3.52. The van der Waals surface area contributed by atoms with Gasteiger partial charge in [0, 0.05) is 36.2 Å². The zero-order valence-electron chi connectivity index (χ0n) is 19.6. The topological polar surface area (TPSA) is 111 Å². The molecule has 2 aliphatic heterocycles. The molecule has 13 heteroatoms. The molecule has 0 amide bonds. The molecule has 1 fully saturated rings. The van der Waals surface area contributed by atoms with Crippen LogP contribution in [0.1, 0.15) is 33.9 Å². The van der Waals surface area contributed by atoms with Crippen LogP contribution in [0.4, 0.5) is 28.9 Å². The third-order valence-electron chi connectivity index (χ3n) is 7.02. The summed E-state index contributed by atoms with van der Waals surface area (Å²) in [5.74, 6) is -4.72. The molecule has 1 saturated heterocycles. The van der Waals surface area contributed by atoms with Gasteiger partial charge in [0.15, 0.2) is 17.4 Å². The van der Waals surface area contributed by atoms with Gasteiger partial charge in [-0.25, -0.2) is 31.4 Å². The third kappa shape index (κ3) is 3.93. The van der Waals surface area contributed by atoms with Gasteiger partial charge in [-0.2, -0.15) is 0 Å². The summed E-state index contributed by atoms with van der Waals surface area (Å²) in [4.78, 5) is 11.5. The van der Waals surface area contributed by atoms with E-state index < -0.39 is 60.8 Å². The highest BCUT2D eigenvalue weighted by Gasteiger charge is 2.35. The van der Waals surface area contributed by atoms with Crippen molar-refractivity contribution >= 4 is 27.2 Å². The number of sulfonamides is 1. The predicted molar refractivity (Wildman–Crippen MR) is 131 cm³/mol. The molecule has 3 aromatic carbocycles. The van der Waals surface area contributed by atoms with Gasteiger partial charge >= 0.3 is 0 Å². The number of halogens is 4. The lowest BCUT2D eigenvalue weighted by atomic mass is 9.97. The van der Waals surface area contributed by atoms with Crippen LogP contribution in [-0.2, 0) is 16.4 Å². The second kappa shape index (κ2) is 9.05. The van der Waals surface area contributed by atoms with Crippen LogP contribution in [0, 0.1) is 23.3 Å². The average Bonchev–Trinajstić information content (AvgIpc) is 3.62. The number of benzene rings is 3. The van der Waals surface area contributed by atoms with Crippen LogP contribution >= 0.6 is 0 Å². The number of rotatable bonds is 5. The average molecular weight is 548 g/mol. The fraction of sp³-hybridized carbons (Fsp3) is 0.240. The molecule has 3 aliphatic rings. The minimum Gasteiger partial charge on any atom is -0.318 e. The lowest BCUT2D eigenvalue weighted by molar-refractivity contribution is 0.0994. The molecule has 1 atom stereocenters. The quantitative estimate of drug-likeness (QED) is 0.312. The predicted octanol–water partition coefficient (Wildman–Crippen LogP) is 3.33. The standard InChI is InChI=1S/C25H21F4N5O3S/c26-11-9-15-12(3-6-18(15)35)19(10-11)38(36,37)34-17-5-4-16(27)20(22(17)29)13-1-2-14-23(21(13)28)32-33-24(14)25-30-7-8-31-25/h1-2,4-5,9-10,24-25,30-34H,3,6-8H2. The first-order valence-corrected chi connectivity index (χ1v) is 13.3. The Morgan fingerprint density at radius 2 is 1.66 bits per heavy atom. The normalized spacial score (nSPS) is 18.9. The number of hydrogen-bond donors (Lipinski definition) is 5. The van der Waals surface area contributed by atoms with E-state index in [4.69, 9.17) is 0 Å². The highest BCUT2D eigenvalue weighted by molar-refractivity contribution is 7.92. The minimum atomic E-state index is -4.59. The number of anilines is 2. The second-order valence-corrected chi connectivity index (χ2v) is 10.9. The summed E-state index contributed by atoms with van der Waals surface area (Å²) in [6.45, 7) is 1.46. The second-order valence-electron chi connectivity index (χ2n) is 9.27.